The lowest BCUT2D eigenvalue weighted by Crippen LogP contribution is -2.39. The Labute approximate surface area is 288 Å². The number of nitrogens with two attached hydrogens (primary N) is 1. The van der Waals surface area contributed by atoms with E-state index in [9.17, 15) is 52.6 Å². The molecule has 0 aromatic heterocycles. The molecule has 17 heteroatoms. The van der Waals surface area contributed by atoms with Crippen LogP contribution in [0.15, 0.2) is 109 Å². The number of benzene rings is 4. The van der Waals surface area contributed by atoms with Crippen LogP contribution in [-0.4, -0.2) is 56.1 Å². The smallest absolute Gasteiger partial charge is 0.422 e. The second kappa shape index (κ2) is 18.2. The lowest BCUT2D eigenvalue weighted by molar-refractivity contribution is -0.385. The fourth-order valence-corrected chi connectivity index (χ4v) is 4.48. The van der Waals surface area contributed by atoms with E-state index in [-0.39, 0.29) is 37.6 Å². The van der Waals surface area contributed by atoms with E-state index in [4.69, 9.17) is 5.73 Å². The van der Waals surface area contributed by atoms with Gasteiger partial charge in [0.15, 0.2) is 6.61 Å². The molecule has 0 radical (unpaired) electrons. The molecule has 0 bridgehead atoms. The second-order valence-corrected chi connectivity index (χ2v) is 10.7. The van der Waals surface area contributed by atoms with Crippen LogP contribution in [0.25, 0.3) is 0 Å². The summed E-state index contributed by atoms with van der Waals surface area (Å²) in [5.74, 6) is -4.83. The van der Waals surface area contributed by atoms with Crippen molar-refractivity contribution >= 4 is 35.1 Å². The SMILES string of the molecule is NC(=O)C(=O)N(Cc1ccccc1)Cc1cccc([N+](=O)[O-])c1.O=C(OCC(F)(F)F)C(=O)N(Cc1ccccc1)Cc1cccc([N+](=O)[O-])c1. The molecule has 266 valence electrons. The van der Waals surface area contributed by atoms with Crippen LogP contribution in [0.2, 0.25) is 0 Å². The number of esters is 1. The molecule has 0 aliphatic rings. The van der Waals surface area contributed by atoms with E-state index in [1.807, 2.05) is 30.3 Å². The molecule has 3 amide bonds. The molecule has 4 rings (SSSR count). The number of carbonyl (C=O) groups is 4. The Morgan fingerprint density at radius 2 is 0.980 bits per heavy atom. The van der Waals surface area contributed by atoms with Crippen molar-refractivity contribution in [2.45, 2.75) is 32.4 Å². The van der Waals surface area contributed by atoms with Crippen LogP contribution >= 0.6 is 0 Å². The summed E-state index contributed by atoms with van der Waals surface area (Å²) < 4.78 is 40.7. The molecule has 4 aromatic rings. The van der Waals surface area contributed by atoms with Gasteiger partial charge in [0.2, 0.25) is 0 Å². The number of alkyl halides is 3. The van der Waals surface area contributed by atoms with Crippen LogP contribution < -0.4 is 5.73 Å². The fraction of sp³-hybridized carbons (Fsp3) is 0.176. The number of carbonyl (C=O) groups excluding carboxylic acids is 4. The van der Waals surface area contributed by atoms with Gasteiger partial charge in [-0.25, -0.2) is 4.79 Å². The standard InChI is InChI=1S/C18H15F3N2O5.C16H15N3O4/c19-18(20,21)12-28-17(25)16(24)22(10-13-5-2-1-3-6-13)11-14-7-4-8-15(9-14)23(26)27;17-15(20)16(21)18(10-12-5-2-1-3-6-12)11-13-7-4-8-14(9-13)19(22)23/h1-9H,10-12H2;1-9H,10-11H2,(H2,17,20). The molecule has 0 fully saturated rings. The van der Waals surface area contributed by atoms with Crippen LogP contribution in [0.4, 0.5) is 24.5 Å². The molecule has 0 saturated carbocycles. The minimum absolute atomic E-state index is 0.0539. The lowest BCUT2D eigenvalue weighted by Gasteiger charge is -2.22. The largest absolute Gasteiger partial charge is 0.449 e. The molecule has 0 saturated heterocycles. The van der Waals surface area contributed by atoms with E-state index < -0.39 is 46.3 Å². The van der Waals surface area contributed by atoms with Crippen LogP contribution in [-0.2, 0) is 50.1 Å². The number of ether oxygens (including phenoxy) is 1. The number of amides is 3. The summed E-state index contributed by atoms with van der Waals surface area (Å²) in [6, 6.07) is 28.8. The van der Waals surface area contributed by atoms with E-state index in [1.165, 1.54) is 47.4 Å². The first kappa shape index (κ1) is 38.8. The zero-order valence-electron chi connectivity index (χ0n) is 26.6. The molecule has 0 aliphatic carbocycles. The number of primary amides is 1. The quantitative estimate of drug-likeness (QED) is 0.0981. The zero-order chi connectivity index (χ0) is 37.6. The third kappa shape index (κ3) is 13.1. The number of halogens is 3. The van der Waals surface area contributed by atoms with Gasteiger partial charge in [0.1, 0.15) is 0 Å². The van der Waals surface area contributed by atoms with Crippen molar-refractivity contribution in [3.63, 3.8) is 0 Å². The van der Waals surface area contributed by atoms with Gasteiger partial charge in [0.05, 0.1) is 9.85 Å². The summed E-state index contributed by atoms with van der Waals surface area (Å²) in [5, 5.41) is 21.7. The first-order valence-corrected chi connectivity index (χ1v) is 14.8. The normalized spacial score (nSPS) is 10.6. The van der Waals surface area contributed by atoms with Gasteiger partial charge in [-0.2, -0.15) is 13.2 Å². The Kier molecular flexibility index (Phi) is 13.8. The van der Waals surface area contributed by atoms with Crippen molar-refractivity contribution in [3.8, 4) is 0 Å². The van der Waals surface area contributed by atoms with Crippen molar-refractivity contribution in [1.29, 1.82) is 0 Å². The topological polar surface area (TPSA) is 196 Å². The lowest BCUT2D eigenvalue weighted by atomic mass is 10.1. The molecule has 2 N–H and O–H groups in total. The van der Waals surface area contributed by atoms with Gasteiger partial charge >= 0.3 is 29.9 Å². The Morgan fingerprint density at radius 3 is 1.35 bits per heavy atom. The Morgan fingerprint density at radius 1 is 0.608 bits per heavy atom. The van der Waals surface area contributed by atoms with Crippen molar-refractivity contribution in [1.82, 2.24) is 9.80 Å². The van der Waals surface area contributed by atoms with Gasteiger partial charge in [-0.05, 0) is 22.3 Å². The highest BCUT2D eigenvalue weighted by molar-refractivity contribution is 6.34. The highest BCUT2D eigenvalue weighted by Crippen LogP contribution is 2.19. The molecule has 14 nitrogen and oxygen atoms in total. The molecule has 0 atom stereocenters. The number of rotatable bonds is 11. The van der Waals surface area contributed by atoms with E-state index >= 15 is 0 Å². The number of non-ortho nitro benzene ring substituents is 2. The van der Waals surface area contributed by atoms with Crippen LogP contribution in [0.1, 0.15) is 22.3 Å². The number of hydrogen-bond donors (Lipinski definition) is 1. The van der Waals surface area contributed by atoms with Crippen molar-refractivity contribution in [2.75, 3.05) is 6.61 Å². The summed E-state index contributed by atoms with van der Waals surface area (Å²) in [6.07, 6.45) is -4.76. The molecule has 0 spiro atoms. The average Bonchev–Trinajstić information content (AvgIpc) is 3.10. The van der Waals surface area contributed by atoms with Gasteiger partial charge in [0, 0.05) is 50.4 Å². The summed E-state index contributed by atoms with van der Waals surface area (Å²) in [7, 11) is 0. The first-order valence-electron chi connectivity index (χ1n) is 14.8. The maximum atomic E-state index is 12.3. The van der Waals surface area contributed by atoms with Gasteiger partial charge < -0.3 is 20.3 Å². The average molecular weight is 710 g/mol. The predicted octanol–water partition coefficient (Wildman–Crippen LogP) is 4.84. The molecule has 0 unspecified atom stereocenters. The third-order valence-electron chi connectivity index (χ3n) is 6.75. The van der Waals surface area contributed by atoms with Gasteiger partial charge in [-0.3, -0.25) is 34.6 Å². The highest BCUT2D eigenvalue weighted by atomic mass is 19.4. The minimum atomic E-state index is -4.76. The Bertz CT molecular complexity index is 1860. The summed E-state index contributed by atoms with van der Waals surface area (Å²) >= 11 is 0. The Balaban J connectivity index is 0.000000281. The number of nitro benzene ring substituents is 2. The van der Waals surface area contributed by atoms with E-state index in [0.717, 1.165) is 10.5 Å². The molecule has 0 heterocycles. The number of nitro groups is 2. The predicted molar refractivity (Wildman–Crippen MR) is 174 cm³/mol. The molecule has 0 aliphatic heterocycles. The van der Waals surface area contributed by atoms with Gasteiger partial charge in [0.25, 0.3) is 11.4 Å². The maximum Gasteiger partial charge on any atom is 0.422 e. The van der Waals surface area contributed by atoms with Crippen molar-refractivity contribution < 1.29 is 46.9 Å². The number of hydrogen-bond acceptors (Lipinski definition) is 9. The zero-order valence-corrected chi connectivity index (χ0v) is 26.6. The van der Waals surface area contributed by atoms with Crippen molar-refractivity contribution in [3.05, 3.63) is 152 Å². The minimum Gasteiger partial charge on any atom is -0.449 e. The molecule has 51 heavy (non-hydrogen) atoms. The molecular formula is C34H30F3N5O9. The summed E-state index contributed by atoms with van der Waals surface area (Å²) in [6.45, 7) is -1.96. The molecule has 4 aromatic carbocycles. The summed E-state index contributed by atoms with van der Waals surface area (Å²) in [5.41, 5.74) is 7.11. The third-order valence-corrected chi connectivity index (χ3v) is 6.75. The van der Waals surface area contributed by atoms with Gasteiger partial charge in [-0.15, -0.1) is 0 Å². The molecular weight excluding hydrogens is 679 g/mol. The first-order chi connectivity index (χ1) is 24.1. The van der Waals surface area contributed by atoms with E-state index in [0.29, 0.717) is 16.7 Å². The van der Waals surface area contributed by atoms with Crippen LogP contribution in [0, 0.1) is 20.2 Å². The monoisotopic (exact) mass is 709 g/mol. The number of nitrogens with zero attached hydrogens (tertiary/aromatic N) is 4. The van der Waals surface area contributed by atoms with E-state index in [1.54, 1.807) is 36.4 Å². The summed E-state index contributed by atoms with van der Waals surface area (Å²) in [4.78, 5) is 70.1. The second-order valence-electron chi connectivity index (χ2n) is 10.7. The maximum absolute atomic E-state index is 12.3. The van der Waals surface area contributed by atoms with E-state index in [2.05, 4.69) is 4.74 Å². The highest BCUT2D eigenvalue weighted by Gasteiger charge is 2.33. The van der Waals surface area contributed by atoms with Crippen LogP contribution in [0.3, 0.4) is 0 Å². The van der Waals surface area contributed by atoms with Gasteiger partial charge in [-0.1, -0.05) is 84.9 Å². The van der Waals surface area contributed by atoms with Crippen molar-refractivity contribution in [2.24, 2.45) is 5.73 Å². The van der Waals surface area contributed by atoms with Crippen LogP contribution in [0.5, 0.6) is 0 Å². The fourth-order valence-electron chi connectivity index (χ4n) is 4.48. The Hall–Kier alpha value is -6.65.